The molecule has 18 rings (SSSR count). The van der Waals surface area contributed by atoms with Crippen LogP contribution >= 0.6 is 46.4 Å². The molecule has 0 aliphatic carbocycles. The molecule has 25 nitrogen and oxygen atoms in total. The number of aryl methyl sites for hydroxylation is 2. The average Bonchev–Trinajstić information content (AvgIpc) is 0.707. The molecular formula is C107H100Cl4N8Na4O17RuS4+2. The first-order valence-electron chi connectivity index (χ1n) is 43.5. The summed E-state index contributed by atoms with van der Waals surface area (Å²) >= 11 is 26.6. The molecule has 9 aromatic carbocycles. The van der Waals surface area contributed by atoms with Crippen LogP contribution < -0.4 is 148 Å². The number of hydrogen-bond donors (Lipinski definition) is 0. The van der Waals surface area contributed by atoms with Gasteiger partial charge in [-0.05, 0) is 202 Å². The van der Waals surface area contributed by atoms with Crippen LogP contribution in [0.15, 0.2) is 268 Å². The van der Waals surface area contributed by atoms with E-state index in [-0.39, 0.29) is 199 Å². The van der Waals surface area contributed by atoms with Crippen molar-refractivity contribution in [2.75, 3.05) is 36.8 Å². The average molecular weight is 2230 g/mol. The van der Waals surface area contributed by atoms with E-state index in [4.69, 9.17) is 103 Å². The number of fused-ring (bicyclic) bond motifs is 10. The predicted octanol–water partition coefficient (Wildman–Crippen LogP) is 8.64. The first-order chi connectivity index (χ1) is 65.6. The van der Waals surface area contributed by atoms with E-state index in [2.05, 4.69) is 252 Å². The Morgan fingerprint density at radius 2 is 0.814 bits per heavy atom. The van der Waals surface area contributed by atoms with E-state index in [1.165, 1.54) is 55.6 Å². The van der Waals surface area contributed by atoms with Gasteiger partial charge < -0.3 is 50.2 Å². The Bertz CT molecular complexity index is 7470. The molecule has 3 aliphatic rings. The summed E-state index contributed by atoms with van der Waals surface area (Å²) in [5.41, 5.74) is 22.8. The minimum atomic E-state index is -3.92. The third-order valence-corrected chi connectivity index (χ3v) is 24.2. The molecule has 6 aromatic heterocycles. The number of aromatic nitrogens is 6. The number of hydrogen-bond acceptors (Lipinski definition) is 24. The fourth-order valence-electron chi connectivity index (χ4n) is 17.0. The third kappa shape index (κ3) is 34.3. The Morgan fingerprint density at radius 1 is 0.448 bits per heavy atom. The molecule has 0 atom stereocenters. The normalized spacial score (nSPS) is 12.4. The number of rotatable bonds is 16. The van der Waals surface area contributed by atoms with Gasteiger partial charge in [0.25, 0.3) is 0 Å². The molecule has 0 amide bonds. The van der Waals surface area contributed by atoms with Crippen LogP contribution in [0.1, 0.15) is 132 Å². The van der Waals surface area contributed by atoms with Gasteiger partial charge in [-0.2, -0.15) is 0 Å². The summed E-state index contributed by atoms with van der Waals surface area (Å²) in [4.78, 5) is 65.3. The topological polar surface area (TPSA) is 390 Å². The van der Waals surface area contributed by atoms with Crippen molar-refractivity contribution in [2.45, 2.75) is 112 Å². The largest absolute Gasteiger partial charge is 2.00 e. The second-order valence-electron chi connectivity index (χ2n) is 33.9. The summed E-state index contributed by atoms with van der Waals surface area (Å²) in [5, 5.41) is 18.4. The second-order valence-corrected chi connectivity index (χ2v) is 40.1. The molecule has 0 radical (unpaired) electrons. The summed E-state index contributed by atoms with van der Waals surface area (Å²) in [6, 6.07) is 74.8. The van der Waals surface area contributed by atoms with Crippen LogP contribution in [0.3, 0.4) is 0 Å². The smallest absolute Gasteiger partial charge is 0.748 e. The molecule has 145 heavy (non-hydrogen) atoms. The number of Topliss-reactive ketones (excluding diaryl/α,β-unsaturated/α-hetero) is 2. The van der Waals surface area contributed by atoms with Gasteiger partial charge in [0.05, 0.1) is 101 Å². The zero-order valence-electron chi connectivity index (χ0n) is 83.4. The van der Waals surface area contributed by atoms with Crippen molar-refractivity contribution in [3.05, 3.63) is 345 Å². The van der Waals surface area contributed by atoms with Crippen molar-refractivity contribution < 1.29 is 213 Å². The summed E-state index contributed by atoms with van der Waals surface area (Å²) in [6.07, 6.45) is 21.0. The summed E-state index contributed by atoms with van der Waals surface area (Å²) in [6.45, 7) is 21.6. The van der Waals surface area contributed by atoms with Crippen molar-refractivity contribution in [2.24, 2.45) is 0 Å². The number of ketones is 2. The molecule has 0 saturated heterocycles. The number of carbonyl (C=O) groups is 3. The van der Waals surface area contributed by atoms with Crippen molar-refractivity contribution in [3.8, 4) is 67.4 Å². The van der Waals surface area contributed by atoms with Gasteiger partial charge in [-0.3, -0.25) is 29.9 Å². The molecule has 0 fully saturated rings. The predicted molar refractivity (Wildman–Crippen MR) is 554 cm³/mol. The summed E-state index contributed by atoms with van der Waals surface area (Å²) < 4.78 is 116. The van der Waals surface area contributed by atoms with Crippen LogP contribution in [-0.2, 0) is 76.5 Å². The van der Waals surface area contributed by atoms with E-state index in [1.807, 2.05) is 105 Å². The van der Waals surface area contributed by atoms with E-state index in [9.17, 15) is 19.5 Å². The third-order valence-electron chi connectivity index (χ3n) is 22.4. The maximum Gasteiger partial charge on any atom is 2.00 e. The van der Waals surface area contributed by atoms with E-state index < -0.39 is 46.9 Å². The number of pyridine rings is 6. The zero-order valence-corrected chi connectivity index (χ0v) is 99.4. The first kappa shape index (κ1) is 127. The Balaban J connectivity index is 0.000000331. The molecule has 0 bridgehead atoms. The van der Waals surface area contributed by atoms with Gasteiger partial charge in [-0.1, -0.05) is 198 Å². The number of carboxylic acids is 1. The van der Waals surface area contributed by atoms with E-state index >= 15 is 0 Å². The Hall–Kier alpha value is -8.39. The number of nitrogens with zero attached hydrogens (tertiary/aromatic N) is 8. The minimum absolute atomic E-state index is 0. The molecule has 9 heterocycles. The monoisotopic (exact) mass is 2230 g/mol. The van der Waals surface area contributed by atoms with Gasteiger partial charge in [0.15, 0.2) is 5.54 Å². The fourth-order valence-corrected chi connectivity index (χ4v) is 18.0. The van der Waals surface area contributed by atoms with Crippen LogP contribution in [0.4, 0.5) is 5.69 Å². The minimum Gasteiger partial charge on any atom is -0.748 e. The molecule has 3 aliphatic heterocycles. The van der Waals surface area contributed by atoms with Crippen LogP contribution in [-0.4, -0.2) is 142 Å². The van der Waals surface area contributed by atoms with Gasteiger partial charge in [-0.15, -0.1) is 12.6 Å². The van der Waals surface area contributed by atoms with Crippen molar-refractivity contribution >= 4 is 171 Å². The number of benzene rings is 9. The Labute approximate surface area is 968 Å². The van der Waals surface area contributed by atoms with Crippen LogP contribution in [0, 0.1) is 14.4 Å². The number of allylic oxidation sites excluding steroid dienone is 2. The maximum atomic E-state index is 12.9. The molecular weight excluding hydrogens is 2130 g/mol. The number of ether oxygens (including phenoxy) is 1. The standard InChI is InChI=1S/C39H38Cl4N2O4.2C24H16N2.C16H18N2O.3CH4O3S.CH3.4Na.O3S.Ru/c1-9-44-26-15-28-24(13-22(26)19(2)17-38(44,5)6)30(31-32(37(47)48)34(41)36(43)35(42)33(31)40)25-14-23-20(3)18-39(7,8)45(12-10-11-21(4)46)27(23)16-29(25)49-28;2*1-3-7-17(8-4-1)19-13-15-25-23-21(19)11-12-22-20(14-16-26-24(22)23)18-9-5-2-6-10-18;1-12-6-8-17-15(10-12)16-11-14(7-9-18-16)5-3-4-13(2)19;3*1-5(2,3)4;;;;;;1-4(2)3;/h13-18H,9-12H2,1-8H3;2*1-16H;6-11H,3-5H2,1-2H3;3*1H3,(H,2,3,4);1H3;;;;;;/q;;;;;;;-1;4*+1;;+2/p-3. The zero-order chi connectivity index (χ0) is 101. The van der Waals surface area contributed by atoms with Gasteiger partial charge in [-0.25, -0.2) is 29.8 Å². The van der Waals surface area contributed by atoms with E-state index in [0.29, 0.717) is 72.4 Å². The van der Waals surface area contributed by atoms with Gasteiger partial charge in [0, 0.05) is 168 Å². The molecule has 732 valence electrons. The van der Waals surface area contributed by atoms with Crippen molar-refractivity contribution in [3.63, 3.8) is 0 Å². The number of aromatic carboxylic acids is 1. The molecule has 0 N–H and O–H groups in total. The molecule has 0 saturated carbocycles. The first-order valence-corrected chi connectivity index (χ1v) is 51.4. The SMILES string of the molecule is CC(=O)CCCc1ccnc(-c2cc(C)ccn2)c1.CCN1c2cc3c(cc2C(C)=CC1(C)C)C(c1c(Cl)c(Cl)c(Cl)c(Cl)c1C(=O)[O-])=c1cc2c(cc1O3)=[N+](CCCC(C)=O)C(C)(C)C=C2C.CS(=O)(=O)[O-].CS(=O)(=O)[O-].CS(=O)(=O)[O-].O=S(=O)=O.[CH3-].[Na+].[Na+].[Na+].[Na+].[Ru+2].c1ccc(-c2ccnc3c2ccc2c(-c4ccccc4)ccnc23)cc1.c1ccc(-c2ccnc3c2ccc2c(-c4ccccc4)ccnc23)cc1. The maximum absolute atomic E-state index is 12.9. The number of likely N-dealkylation sites (N-methyl/N-ethyl adjacent to an activating group) is 1. The Morgan fingerprint density at radius 3 is 1.19 bits per heavy atom. The Kier molecular flexibility index (Phi) is 49.5. The van der Waals surface area contributed by atoms with Gasteiger partial charge >= 0.3 is 148 Å². The van der Waals surface area contributed by atoms with Crippen molar-refractivity contribution in [1.82, 2.24) is 34.5 Å². The van der Waals surface area contributed by atoms with E-state index in [1.54, 1.807) is 20.0 Å². The van der Waals surface area contributed by atoms with Crippen LogP contribution in [0.25, 0.3) is 116 Å². The fraction of sp³-hybridized carbons (Fsp3) is 0.206. The molecule has 0 unspecified atom stereocenters. The molecule has 15 aromatic rings. The van der Waals surface area contributed by atoms with Crippen LogP contribution in [0.5, 0.6) is 11.5 Å². The number of carboxylic acid groups (broad SMARTS) is 1. The van der Waals surface area contributed by atoms with Crippen LogP contribution in [0.2, 0.25) is 20.1 Å². The van der Waals surface area contributed by atoms with Gasteiger partial charge in [0.1, 0.15) is 29.6 Å². The molecule has 38 heteroatoms. The molecule has 0 spiro atoms. The number of halogens is 4. The summed E-state index contributed by atoms with van der Waals surface area (Å²) in [7, 11) is -14.9. The number of anilines is 1. The van der Waals surface area contributed by atoms with Gasteiger partial charge in [0.2, 0.25) is 5.36 Å². The van der Waals surface area contributed by atoms with Crippen molar-refractivity contribution in [1.29, 1.82) is 0 Å². The van der Waals surface area contributed by atoms with E-state index in [0.717, 1.165) is 108 Å². The quantitative estimate of drug-likeness (QED) is 0.0166. The number of carbonyl (C=O) groups excluding carboxylic acids is 3. The summed E-state index contributed by atoms with van der Waals surface area (Å²) in [5.74, 6) is -0.114. The second kappa shape index (κ2) is 56.5.